The number of hydrogen-bond acceptors (Lipinski definition) is 5. The lowest BCUT2D eigenvalue weighted by atomic mass is 10.0. The van der Waals surface area contributed by atoms with Crippen molar-refractivity contribution in [3.05, 3.63) is 58.0 Å². The molecule has 3 rings (SSSR count). The third kappa shape index (κ3) is 4.82. The molecule has 2 aliphatic rings. The molecule has 0 amide bonds. The standard InChI is InChI=1S/C14H18N2O2.C6H4O/c1-14(2,3)16-9-13(18)10-4-5-12(17)11(8-10)6-7-15;7-6-3-4-1-2-5(4)6/h4-5,8,16-17H,6,9H2,1-3H3;1-3,7H. The summed E-state index contributed by atoms with van der Waals surface area (Å²) < 4.78 is 0. The molecular weight excluding hydrogens is 316 g/mol. The zero-order valence-corrected chi connectivity index (χ0v) is 14.6. The molecule has 25 heavy (non-hydrogen) atoms. The monoisotopic (exact) mass is 338 g/mol. The molecule has 5 nitrogen and oxygen atoms in total. The van der Waals surface area contributed by atoms with Gasteiger partial charge in [-0.25, -0.2) is 0 Å². The second-order valence-electron chi connectivity index (χ2n) is 6.94. The Balaban J connectivity index is 0.000000261. The zero-order valence-electron chi connectivity index (χ0n) is 14.6. The second kappa shape index (κ2) is 7.37. The number of carbonyl (C=O) groups excluding carboxylic acids is 1. The summed E-state index contributed by atoms with van der Waals surface area (Å²) in [7, 11) is 0. The third-order valence-electron chi connectivity index (χ3n) is 3.76. The first-order chi connectivity index (χ1) is 11.7. The lowest BCUT2D eigenvalue weighted by molar-refractivity contribution is 0.0982. The van der Waals surface area contributed by atoms with Gasteiger partial charge in [-0.05, 0) is 50.3 Å². The van der Waals surface area contributed by atoms with Gasteiger partial charge in [0.05, 0.1) is 19.0 Å². The van der Waals surface area contributed by atoms with Crippen molar-refractivity contribution in [3.8, 4) is 17.6 Å². The highest BCUT2D eigenvalue weighted by molar-refractivity contribution is 5.98. The first kappa shape index (κ1) is 18.5. The number of nitrogens with zero attached hydrogens (tertiary/aromatic N) is 1. The number of benzene rings is 2. The minimum atomic E-state index is -0.123. The zero-order chi connectivity index (χ0) is 18.6. The number of hydrogen-bond donors (Lipinski definition) is 3. The highest BCUT2D eigenvalue weighted by Gasteiger charge is 2.14. The normalized spacial score (nSPS) is 11.1. The molecule has 5 heteroatoms. The highest BCUT2D eigenvalue weighted by atomic mass is 16.3. The van der Waals surface area contributed by atoms with Crippen LogP contribution in [0.1, 0.15) is 36.7 Å². The maximum absolute atomic E-state index is 11.9. The van der Waals surface area contributed by atoms with Crippen molar-refractivity contribution in [2.24, 2.45) is 0 Å². The van der Waals surface area contributed by atoms with E-state index in [1.54, 1.807) is 18.2 Å². The minimum absolute atomic E-state index is 0.0517. The average Bonchev–Trinajstić information content (AvgIpc) is 2.52. The fraction of sp³-hybridized carbons (Fsp3) is 0.300. The van der Waals surface area contributed by atoms with Gasteiger partial charge < -0.3 is 15.5 Å². The van der Waals surface area contributed by atoms with Gasteiger partial charge in [0.25, 0.3) is 0 Å². The van der Waals surface area contributed by atoms with Crippen LogP contribution in [0.15, 0.2) is 36.4 Å². The quantitative estimate of drug-likeness (QED) is 0.636. The molecule has 0 bridgehead atoms. The van der Waals surface area contributed by atoms with Gasteiger partial charge in [0.2, 0.25) is 0 Å². The molecule has 3 N–H and O–H groups in total. The van der Waals surface area contributed by atoms with Crippen molar-refractivity contribution in [1.82, 2.24) is 5.32 Å². The Morgan fingerprint density at radius 3 is 2.24 bits per heavy atom. The number of rotatable bonds is 4. The van der Waals surface area contributed by atoms with Gasteiger partial charge in [-0.15, -0.1) is 0 Å². The van der Waals surface area contributed by atoms with E-state index in [1.165, 1.54) is 11.3 Å². The smallest absolute Gasteiger partial charge is 0.176 e. The van der Waals surface area contributed by atoms with Crippen LogP contribution in [0, 0.1) is 21.8 Å². The Bertz CT molecular complexity index is 921. The summed E-state index contributed by atoms with van der Waals surface area (Å²) in [6, 6.07) is 12.2. The molecule has 130 valence electrons. The Morgan fingerprint density at radius 1 is 1.12 bits per heavy atom. The van der Waals surface area contributed by atoms with Crippen LogP contribution in [-0.2, 0) is 6.42 Å². The summed E-state index contributed by atoms with van der Waals surface area (Å²) in [5.74, 6) is 0.443. The predicted molar refractivity (Wildman–Crippen MR) is 95.3 cm³/mol. The van der Waals surface area contributed by atoms with Crippen molar-refractivity contribution in [2.45, 2.75) is 32.7 Å². The Morgan fingerprint density at radius 2 is 1.84 bits per heavy atom. The predicted octanol–water partition coefficient (Wildman–Crippen LogP) is 3.02. The lowest BCUT2D eigenvalue weighted by Gasteiger charge is -2.19. The molecule has 0 aliphatic heterocycles. The molecule has 0 saturated heterocycles. The molecule has 0 unspecified atom stereocenters. The van der Waals surface area contributed by atoms with Crippen molar-refractivity contribution in [3.63, 3.8) is 0 Å². The number of nitrogens with one attached hydrogen (secondary N) is 1. The number of nitriles is 1. The molecular formula is C20H22N2O3. The van der Waals surface area contributed by atoms with Crippen LogP contribution in [-0.4, -0.2) is 28.1 Å². The second-order valence-corrected chi connectivity index (χ2v) is 6.94. The summed E-state index contributed by atoms with van der Waals surface area (Å²) in [5.41, 5.74) is 0.871. The molecule has 1 aromatic rings. The van der Waals surface area contributed by atoms with Crippen molar-refractivity contribution in [2.75, 3.05) is 6.54 Å². The van der Waals surface area contributed by atoms with E-state index < -0.39 is 0 Å². The van der Waals surface area contributed by atoms with Crippen molar-refractivity contribution < 1.29 is 15.0 Å². The van der Waals surface area contributed by atoms with Gasteiger partial charge in [0, 0.05) is 21.9 Å². The van der Waals surface area contributed by atoms with Crippen LogP contribution in [0.3, 0.4) is 0 Å². The van der Waals surface area contributed by atoms with Gasteiger partial charge in [0.15, 0.2) is 5.78 Å². The fourth-order valence-corrected chi connectivity index (χ4v) is 2.20. The minimum Gasteiger partial charge on any atom is -0.508 e. The van der Waals surface area contributed by atoms with Crippen LogP contribution in [0.2, 0.25) is 0 Å². The van der Waals surface area contributed by atoms with Crippen LogP contribution in [0.25, 0.3) is 0 Å². The molecule has 0 fully saturated rings. The van der Waals surface area contributed by atoms with Crippen LogP contribution in [0.4, 0.5) is 0 Å². The van der Waals surface area contributed by atoms with Gasteiger partial charge in [-0.1, -0.05) is 12.1 Å². The average molecular weight is 338 g/mol. The topological polar surface area (TPSA) is 93.4 Å². The Kier molecular flexibility index (Phi) is 5.45. The number of ketones is 1. The summed E-state index contributed by atoms with van der Waals surface area (Å²) in [5, 5.41) is 32.2. The van der Waals surface area contributed by atoms with Gasteiger partial charge in [-0.3, -0.25) is 4.79 Å². The molecule has 0 atom stereocenters. The number of phenolic OH excluding ortho intramolecular Hbond substituents is 2. The van der Waals surface area contributed by atoms with Crippen LogP contribution >= 0.6 is 0 Å². The first-order valence-corrected chi connectivity index (χ1v) is 8.02. The number of aromatic hydroxyl groups is 2. The molecule has 2 aliphatic carbocycles. The van der Waals surface area contributed by atoms with E-state index in [4.69, 9.17) is 10.4 Å². The molecule has 0 aromatic heterocycles. The van der Waals surface area contributed by atoms with E-state index in [9.17, 15) is 9.90 Å². The molecule has 0 saturated carbocycles. The highest BCUT2D eigenvalue weighted by Crippen LogP contribution is 2.21. The first-order valence-electron chi connectivity index (χ1n) is 8.02. The summed E-state index contributed by atoms with van der Waals surface area (Å²) >= 11 is 0. The molecule has 0 radical (unpaired) electrons. The van der Waals surface area contributed by atoms with E-state index in [0.29, 0.717) is 16.9 Å². The van der Waals surface area contributed by atoms with E-state index >= 15 is 0 Å². The number of Topliss-reactive ketones (excluding diaryl/α,β-unsaturated/α-hetero) is 1. The maximum Gasteiger partial charge on any atom is 0.176 e. The molecule has 0 spiro atoms. The lowest BCUT2D eigenvalue weighted by Crippen LogP contribution is -2.39. The molecule has 0 heterocycles. The van der Waals surface area contributed by atoms with Crippen LogP contribution in [0.5, 0.6) is 11.5 Å². The van der Waals surface area contributed by atoms with E-state index in [-0.39, 0.29) is 30.0 Å². The van der Waals surface area contributed by atoms with Gasteiger partial charge in [-0.2, -0.15) is 5.26 Å². The van der Waals surface area contributed by atoms with Gasteiger partial charge in [0.1, 0.15) is 11.5 Å². The Hall–Kier alpha value is -2.84. The largest absolute Gasteiger partial charge is 0.508 e. The number of carbonyl (C=O) groups is 1. The maximum atomic E-state index is 11.9. The number of phenols is 2. The van der Waals surface area contributed by atoms with Gasteiger partial charge >= 0.3 is 0 Å². The molecule has 1 aromatic carbocycles. The van der Waals surface area contributed by atoms with E-state index in [2.05, 4.69) is 5.32 Å². The summed E-state index contributed by atoms with van der Waals surface area (Å²) in [6.45, 7) is 6.19. The fourth-order valence-electron chi connectivity index (χ4n) is 2.20. The summed E-state index contributed by atoms with van der Waals surface area (Å²) in [4.78, 5) is 11.9. The van der Waals surface area contributed by atoms with E-state index in [0.717, 1.165) is 5.22 Å². The summed E-state index contributed by atoms with van der Waals surface area (Å²) in [6.07, 6.45) is 0.0969. The van der Waals surface area contributed by atoms with Crippen molar-refractivity contribution >= 4 is 5.78 Å². The Labute approximate surface area is 146 Å². The SMILES string of the molecule is CC(C)(C)NCC(=O)c1ccc(O)c(CC#N)c1.Oc1cc2ccc1=2. The van der Waals surface area contributed by atoms with Crippen molar-refractivity contribution in [1.29, 1.82) is 5.26 Å². The van der Waals surface area contributed by atoms with E-state index in [1.807, 2.05) is 39.0 Å². The third-order valence-corrected chi connectivity index (χ3v) is 3.76. The van der Waals surface area contributed by atoms with Crippen LogP contribution < -0.4 is 5.32 Å².